The summed E-state index contributed by atoms with van der Waals surface area (Å²) in [5.41, 5.74) is 7.75. The molecule has 0 unspecified atom stereocenters. The first-order valence-electron chi connectivity index (χ1n) is 9.86. The molecule has 0 radical (unpaired) electrons. The van der Waals surface area contributed by atoms with Gasteiger partial charge in [-0.25, -0.2) is 9.69 Å². The number of nitrogen functional groups attached to an aromatic ring is 1. The Morgan fingerprint density at radius 1 is 0.906 bits per heavy atom. The summed E-state index contributed by atoms with van der Waals surface area (Å²) in [7, 11) is 0. The Balaban J connectivity index is 1.60. The standard InChI is InChI=1S/C24H19N3O5/c1-2-32-24(31)15-6-4-8-18(12-15)27-22(29)19-10-9-17(13-20(19)23(27)30)26-21(28)14-5-3-7-16(25)11-14/h3-13H,2,25H2,1H3,(H,26,28). The van der Waals surface area contributed by atoms with Gasteiger partial charge in [-0.15, -0.1) is 0 Å². The van der Waals surface area contributed by atoms with E-state index in [1.165, 1.54) is 24.3 Å². The van der Waals surface area contributed by atoms with Crippen LogP contribution in [0.25, 0.3) is 0 Å². The number of carbonyl (C=O) groups excluding carboxylic acids is 4. The quantitative estimate of drug-likeness (QED) is 0.364. The number of carbonyl (C=O) groups is 4. The van der Waals surface area contributed by atoms with Gasteiger partial charge in [0.15, 0.2) is 0 Å². The van der Waals surface area contributed by atoms with Gasteiger partial charge < -0.3 is 15.8 Å². The maximum absolute atomic E-state index is 13.0. The summed E-state index contributed by atoms with van der Waals surface area (Å²) >= 11 is 0. The molecule has 32 heavy (non-hydrogen) atoms. The van der Waals surface area contributed by atoms with Gasteiger partial charge in [0, 0.05) is 16.9 Å². The van der Waals surface area contributed by atoms with Gasteiger partial charge in [0.05, 0.1) is 29.0 Å². The molecule has 0 bridgehead atoms. The topological polar surface area (TPSA) is 119 Å². The normalized spacial score (nSPS) is 12.5. The van der Waals surface area contributed by atoms with Crippen LogP contribution < -0.4 is 16.0 Å². The van der Waals surface area contributed by atoms with Crippen LogP contribution >= 0.6 is 0 Å². The SMILES string of the molecule is CCOC(=O)c1cccc(N2C(=O)c3ccc(NC(=O)c4cccc(N)c4)cc3C2=O)c1. The van der Waals surface area contributed by atoms with Crippen molar-refractivity contribution >= 4 is 40.8 Å². The predicted molar refractivity (Wildman–Crippen MR) is 119 cm³/mol. The minimum Gasteiger partial charge on any atom is -0.462 e. The van der Waals surface area contributed by atoms with Crippen LogP contribution in [0.4, 0.5) is 17.1 Å². The third kappa shape index (κ3) is 3.81. The number of nitrogens with zero attached hydrogens (tertiary/aromatic N) is 1. The molecule has 3 aromatic rings. The van der Waals surface area contributed by atoms with Gasteiger partial charge in [-0.3, -0.25) is 14.4 Å². The largest absolute Gasteiger partial charge is 0.462 e. The minimum absolute atomic E-state index is 0.155. The molecular formula is C24H19N3O5. The Labute approximate surface area is 183 Å². The molecule has 0 saturated carbocycles. The van der Waals surface area contributed by atoms with Gasteiger partial charge in [0.2, 0.25) is 0 Å². The molecule has 3 N–H and O–H groups in total. The number of anilines is 3. The molecule has 1 heterocycles. The molecule has 8 nitrogen and oxygen atoms in total. The first-order valence-corrected chi connectivity index (χ1v) is 9.86. The first-order chi connectivity index (χ1) is 15.4. The van der Waals surface area contributed by atoms with Gasteiger partial charge in [0.25, 0.3) is 17.7 Å². The molecule has 1 aliphatic rings. The molecule has 160 valence electrons. The van der Waals surface area contributed by atoms with Crippen LogP contribution in [0.5, 0.6) is 0 Å². The zero-order chi connectivity index (χ0) is 22.8. The molecule has 0 aliphatic carbocycles. The van der Waals surface area contributed by atoms with Crippen molar-refractivity contribution in [2.24, 2.45) is 0 Å². The number of benzene rings is 3. The zero-order valence-corrected chi connectivity index (χ0v) is 17.1. The molecule has 4 rings (SSSR count). The fraction of sp³-hybridized carbons (Fsp3) is 0.0833. The van der Waals surface area contributed by atoms with Crippen molar-refractivity contribution in [1.82, 2.24) is 0 Å². The van der Waals surface area contributed by atoms with Crippen molar-refractivity contribution in [2.75, 3.05) is 22.6 Å². The maximum atomic E-state index is 13.0. The summed E-state index contributed by atoms with van der Waals surface area (Å²) in [5.74, 6) is -2.00. The minimum atomic E-state index is -0.550. The van der Waals surface area contributed by atoms with Gasteiger partial charge in [-0.1, -0.05) is 12.1 Å². The molecule has 0 saturated heterocycles. The molecule has 0 fully saturated rings. The number of esters is 1. The number of nitrogens with two attached hydrogens (primary N) is 1. The van der Waals surface area contributed by atoms with Gasteiger partial charge in [-0.05, 0) is 61.5 Å². The van der Waals surface area contributed by atoms with Crippen molar-refractivity contribution in [2.45, 2.75) is 6.92 Å². The Bertz CT molecular complexity index is 1270. The molecule has 1 aliphatic heterocycles. The number of nitrogens with one attached hydrogen (secondary N) is 1. The number of fused-ring (bicyclic) bond motifs is 1. The number of rotatable bonds is 5. The lowest BCUT2D eigenvalue weighted by Crippen LogP contribution is -2.29. The third-order valence-electron chi connectivity index (χ3n) is 4.91. The van der Waals surface area contributed by atoms with E-state index in [2.05, 4.69) is 5.32 Å². The smallest absolute Gasteiger partial charge is 0.338 e. The van der Waals surface area contributed by atoms with Crippen LogP contribution in [-0.4, -0.2) is 30.3 Å². The molecule has 0 spiro atoms. The number of imide groups is 1. The molecular weight excluding hydrogens is 410 g/mol. The van der Waals surface area contributed by atoms with Gasteiger partial charge >= 0.3 is 5.97 Å². The summed E-state index contributed by atoms with van der Waals surface area (Å²) in [5, 5.41) is 2.71. The van der Waals surface area contributed by atoms with Crippen molar-refractivity contribution < 1.29 is 23.9 Å². The highest BCUT2D eigenvalue weighted by molar-refractivity contribution is 6.34. The van der Waals surface area contributed by atoms with E-state index in [1.807, 2.05) is 0 Å². The van der Waals surface area contributed by atoms with E-state index in [-0.39, 0.29) is 29.0 Å². The lowest BCUT2D eigenvalue weighted by atomic mass is 10.1. The number of amides is 3. The van der Waals surface area contributed by atoms with E-state index in [0.29, 0.717) is 16.9 Å². The zero-order valence-electron chi connectivity index (χ0n) is 17.1. The van der Waals surface area contributed by atoms with Crippen LogP contribution in [0, 0.1) is 0 Å². The highest BCUT2D eigenvalue weighted by Gasteiger charge is 2.37. The summed E-state index contributed by atoms with van der Waals surface area (Å²) in [6.45, 7) is 1.90. The highest BCUT2D eigenvalue weighted by atomic mass is 16.5. The number of hydrogen-bond acceptors (Lipinski definition) is 6. The molecule has 3 aromatic carbocycles. The van der Waals surface area contributed by atoms with E-state index in [0.717, 1.165) is 4.90 Å². The Morgan fingerprint density at radius 3 is 2.38 bits per heavy atom. The second-order valence-corrected chi connectivity index (χ2v) is 7.06. The lowest BCUT2D eigenvalue weighted by molar-refractivity contribution is 0.0525. The lowest BCUT2D eigenvalue weighted by Gasteiger charge is -2.14. The fourth-order valence-electron chi connectivity index (χ4n) is 3.42. The summed E-state index contributed by atoms with van der Waals surface area (Å²) in [6.07, 6.45) is 0. The molecule has 0 aromatic heterocycles. The van der Waals surface area contributed by atoms with Crippen molar-refractivity contribution in [1.29, 1.82) is 0 Å². The number of ether oxygens (including phenoxy) is 1. The maximum Gasteiger partial charge on any atom is 0.338 e. The molecule has 0 atom stereocenters. The van der Waals surface area contributed by atoms with E-state index in [1.54, 1.807) is 49.4 Å². The van der Waals surface area contributed by atoms with Crippen LogP contribution in [0.3, 0.4) is 0 Å². The predicted octanol–water partition coefficient (Wildman–Crippen LogP) is 3.50. The Hall–Kier alpha value is -4.46. The summed E-state index contributed by atoms with van der Waals surface area (Å²) < 4.78 is 4.98. The number of hydrogen-bond donors (Lipinski definition) is 2. The second-order valence-electron chi connectivity index (χ2n) is 7.06. The second kappa shape index (κ2) is 8.35. The van der Waals surface area contributed by atoms with Crippen LogP contribution in [0.15, 0.2) is 66.7 Å². The highest BCUT2D eigenvalue weighted by Crippen LogP contribution is 2.31. The monoisotopic (exact) mass is 429 g/mol. The first kappa shape index (κ1) is 20.8. The average Bonchev–Trinajstić information content (AvgIpc) is 3.03. The average molecular weight is 429 g/mol. The van der Waals surface area contributed by atoms with E-state index in [4.69, 9.17) is 10.5 Å². The fourth-order valence-corrected chi connectivity index (χ4v) is 3.42. The van der Waals surface area contributed by atoms with Crippen molar-refractivity contribution in [3.8, 4) is 0 Å². The van der Waals surface area contributed by atoms with Crippen LogP contribution in [0.2, 0.25) is 0 Å². The molecule has 3 amide bonds. The van der Waals surface area contributed by atoms with E-state index >= 15 is 0 Å². The summed E-state index contributed by atoms with van der Waals surface area (Å²) in [6, 6.07) is 17.1. The van der Waals surface area contributed by atoms with Gasteiger partial charge in [0.1, 0.15) is 0 Å². The Kier molecular flexibility index (Phi) is 5.43. The Morgan fingerprint density at radius 2 is 1.62 bits per heavy atom. The summed E-state index contributed by atoms with van der Waals surface area (Å²) in [4.78, 5) is 51.4. The molecule has 8 heteroatoms. The van der Waals surface area contributed by atoms with Crippen LogP contribution in [0.1, 0.15) is 48.4 Å². The van der Waals surface area contributed by atoms with Crippen molar-refractivity contribution in [3.05, 3.63) is 89.0 Å². The van der Waals surface area contributed by atoms with Crippen molar-refractivity contribution in [3.63, 3.8) is 0 Å². The van der Waals surface area contributed by atoms with Gasteiger partial charge in [-0.2, -0.15) is 0 Å². The third-order valence-corrected chi connectivity index (χ3v) is 4.91. The van der Waals surface area contributed by atoms with Crippen LogP contribution in [-0.2, 0) is 4.74 Å². The van der Waals surface area contributed by atoms with E-state index in [9.17, 15) is 19.2 Å². The van der Waals surface area contributed by atoms with E-state index < -0.39 is 23.7 Å².